The van der Waals surface area contributed by atoms with Gasteiger partial charge in [-0.2, -0.15) is 0 Å². The Morgan fingerprint density at radius 1 is 1.41 bits per heavy atom. The first-order valence-corrected chi connectivity index (χ1v) is 5.81. The van der Waals surface area contributed by atoms with Crippen LogP contribution in [0.3, 0.4) is 0 Å². The number of methoxy groups -OCH3 is 1. The van der Waals surface area contributed by atoms with Crippen molar-refractivity contribution in [2.45, 2.75) is 26.4 Å². The van der Waals surface area contributed by atoms with Gasteiger partial charge >= 0.3 is 0 Å². The largest absolute Gasteiger partial charge is 0.494 e. The zero-order valence-electron chi connectivity index (χ0n) is 10.6. The van der Waals surface area contributed by atoms with Gasteiger partial charge in [0.25, 0.3) is 0 Å². The fourth-order valence-corrected chi connectivity index (χ4v) is 1.49. The standard InChI is InChI=1S/C13H20FNO2/c1-4-17-9-10(2)15-8-11-6-5-7-12(16-3)13(11)14/h5-7,10,15H,4,8-9H2,1-3H3. The highest BCUT2D eigenvalue weighted by atomic mass is 19.1. The minimum atomic E-state index is -0.300. The number of halogens is 1. The van der Waals surface area contributed by atoms with Crippen LogP contribution in [0.4, 0.5) is 4.39 Å². The molecule has 1 aromatic carbocycles. The van der Waals surface area contributed by atoms with Crippen LogP contribution in [0.5, 0.6) is 5.75 Å². The smallest absolute Gasteiger partial charge is 0.169 e. The van der Waals surface area contributed by atoms with E-state index in [2.05, 4.69) is 5.32 Å². The minimum Gasteiger partial charge on any atom is -0.494 e. The minimum absolute atomic E-state index is 0.195. The second-order valence-corrected chi connectivity index (χ2v) is 3.87. The molecular formula is C13H20FNO2. The van der Waals surface area contributed by atoms with Gasteiger partial charge in [0.15, 0.2) is 11.6 Å². The first kappa shape index (κ1) is 13.9. The Balaban J connectivity index is 2.51. The molecule has 0 aliphatic carbocycles. The number of ether oxygens (including phenoxy) is 2. The predicted octanol–water partition coefficient (Wildman–Crippen LogP) is 2.35. The van der Waals surface area contributed by atoms with Crippen LogP contribution in [0.15, 0.2) is 18.2 Å². The first-order valence-electron chi connectivity index (χ1n) is 5.81. The lowest BCUT2D eigenvalue weighted by Crippen LogP contribution is -2.30. The van der Waals surface area contributed by atoms with Crippen molar-refractivity contribution in [3.8, 4) is 5.75 Å². The normalized spacial score (nSPS) is 12.5. The highest BCUT2D eigenvalue weighted by Crippen LogP contribution is 2.19. The van der Waals surface area contributed by atoms with Crippen LogP contribution in [-0.2, 0) is 11.3 Å². The third kappa shape index (κ3) is 4.32. The van der Waals surface area contributed by atoms with E-state index < -0.39 is 0 Å². The number of hydrogen-bond donors (Lipinski definition) is 1. The molecule has 0 bridgehead atoms. The van der Waals surface area contributed by atoms with Gasteiger partial charge in [0.2, 0.25) is 0 Å². The molecule has 1 N–H and O–H groups in total. The summed E-state index contributed by atoms with van der Waals surface area (Å²) in [6, 6.07) is 5.34. The van der Waals surface area contributed by atoms with Crippen LogP contribution in [0, 0.1) is 5.82 Å². The van der Waals surface area contributed by atoms with Gasteiger partial charge in [-0.05, 0) is 19.9 Å². The average Bonchev–Trinajstić information content (AvgIpc) is 2.35. The topological polar surface area (TPSA) is 30.5 Å². The molecule has 1 rings (SSSR count). The lowest BCUT2D eigenvalue weighted by Gasteiger charge is -2.14. The Morgan fingerprint density at radius 3 is 2.82 bits per heavy atom. The van der Waals surface area contributed by atoms with Crippen LogP contribution in [0.1, 0.15) is 19.4 Å². The van der Waals surface area contributed by atoms with E-state index in [1.54, 1.807) is 18.2 Å². The Labute approximate surface area is 102 Å². The van der Waals surface area contributed by atoms with E-state index >= 15 is 0 Å². The van der Waals surface area contributed by atoms with Crippen molar-refractivity contribution in [1.29, 1.82) is 0 Å². The second-order valence-electron chi connectivity index (χ2n) is 3.87. The molecule has 0 saturated carbocycles. The molecule has 0 radical (unpaired) electrons. The summed E-state index contributed by atoms with van der Waals surface area (Å²) >= 11 is 0. The number of rotatable bonds is 7. The summed E-state index contributed by atoms with van der Waals surface area (Å²) < 4.78 is 24.0. The Hall–Kier alpha value is -1.13. The fourth-order valence-electron chi connectivity index (χ4n) is 1.49. The molecule has 1 aromatic rings. The third-order valence-corrected chi connectivity index (χ3v) is 2.48. The monoisotopic (exact) mass is 241 g/mol. The molecule has 0 heterocycles. The molecule has 4 heteroatoms. The predicted molar refractivity (Wildman–Crippen MR) is 65.7 cm³/mol. The van der Waals surface area contributed by atoms with Gasteiger partial charge in [0.05, 0.1) is 13.7 Å². The zero-order valence-corrected chi connectivity index (χ0v) is 10.6. The third-order valence-electron chi connectivity index (χ3n) is 2.48. The molecule has 96 valence electrons. The van der Waals surface area contributed by atoms with Gasteiger partial charge in [-0.1, -0.05) is 12.1 Å². The van der Waals surface area contributed by atoms with Crippen LogP contribution in [-0.4, -0.2) is 26.4 Å². The van der Waals surface area contributed by atoms with Crippen molar-refractivity contribution in [2.75, 3.05) is 20.3 Å². The highest BCUT2D eigenvalue weighted by molar-refractivity contribution is 5.30. The van der Waals surface area contributed by atoms with Gasteiger partial charge in [-0.15, -0.1) is 0 Å². The number of hydrogen-bond acceptors (Lipinski definition) is 3. The summed E-state index contributed by atoms with van der Waals surface area (Å²) in [5, 5.41) is 3.21. The SMILES string of the molecule is CCOCC(C)NCc1cccc(OC)c1F. The molecule has 3 nitrogen and oxygen atoms in total. The molecule has 0 spiro atoms. The van der Waals surface area contributed by atoms with Crippen molar-refractivity contribution in [3.63, 3.8) is 0 Å². The Bertz CT molecular complexity index is 344. The van der Waals surface area contributed by atoms with Crippen LogP contribution >= 0.6 is 0 Å². The van der Waals surface area contributed by atoms with E-state index in [4.69, 9.17) is 9.47 Å². The molecular weight excluding hydrogens is 221 g/mol. The number of nitrogens with one attached hydrogen (secondary N) is 1. The summed E-state index contributed by atoms with van der Waals surface area (Å²) in [4.78, 5) is 0. The van der Waals surface area contributed by atoms with Crippen molar-refractivity contribution in [1.82, 2.24) is 5.32 Å². The zero-order chi connectivity index (χ0) is 12.7. The van der Waals surface area contributed by atoms with Gasteiger partial charge in [-0.3, -0.25) is 0 Å². The summed E-state index contributed by atoms with van der Waals surface area (Å²) in [6.45, 7) is 5.75. The van der Waals surface area contributed by atoms with Crippen molar-refractivity contribution < 1.29 is 13.9 Å². The fraction of sp³-hybridized carbons (Fsp3) is 0.538. The number of benzene rings is 1. The molecule has 0 saturated heterocycles. The van der Waals surface area contributed by atoms with Gasteiger partial charge in [-0.25, -0.2) is 4.39 Å². The van der Waals surface area contributed by atoms with E-state index in [-0.39, 0.29) is 17.6 Å². The average molecular weight is 241 g/mol. The van der Waals surface area contributed by atoms with Gasteiger partial charge in [0.1, 0.15) is 0 Å². The maximum atomic E-state index is 13.8. The van der Waals surface area contributed by atoms with Crippen LogP contribution < -0.4 is 10.1 Å². The maximum absolute atomic E-state index is 13.8. The highest BCUT2D eigenvalue weighted by Gasteiger charge is 2.09. The molecule has 1 atom stereocenters. The van der Waals surface area contributed by atoms with E-state index in [0.29, 0.717) is 25.3 Å². The Morgan fingerprint density at radius 2 is 2.18 bits per heavy atom. The quantitative estimate of drug-likeness (QED) is 0.795. The van der Waals surface area contributed by atoms with E-state index in [1.807, 2.05) is 13.8 Å². The second kappa shape index (κ2) is 7.25. The van der Waals surface area contributed by atoms with Gasteiger partial charge < -0.3 is 14.8 Å². The molecule has 0 fully saturated rings. The molecule has 0 aromatic heterocycles. The van der Waals surface area contributed by atoms with E-state index in [1.165, 1.54) is 7.11 Å². The van der Waals surface area contributed by atoms with Crippen molar-refractivity contribution in [3.05, 3.63) is 29.6 Å². The summed E-state index contributed by atoms with van der Waals surface area (Å²) in [6.07, 6.45) is 0. The Kier molecular flexibility index (Phi) is 5.94. The van der Waals surface area contributed by atoms with Crippen LogP contribution in [0.2, 0.25) is 0 Å². The first-order chi connectivity index (χ1) is 8.19. The summed E-state index contributed by atoms with van der Waals surface area (Å²) in [7, 11) is 1.47. The van der Waals surface area contributed by atoms with Crippen molar-refractivity contribution >= 4 is 0 Å². The molecule has 17 heavy (non-hydrogen) atoms. The maximum Gasteiger partial charge on any atom is 0.169 e. The van der Waals surface area contributed by atoms with E-state index in [0.717, 1.165) is 0 Å². The lowest BCUT2D eigenvalue weighted by molar-refractivity contribution is 0.127. The van der Waals surface area contributed by atoms with Crippen LogP contribution in [0.25, 0.3) is 0 Å². The molecule has 0 aliphatic rings. The molecule has 1 unspecified atom stereocenters. The van der Waals surface area contributed by atoms with Gasteiger partial charge in [0, 0.05) is 24.8 Å². The summed E-state index contributed by atoms with van der Waals surface area (Å²) in [5.74, 6) is -0.0205. The lowest BCUT2D eigenvalue weighted by atomic mass is 10.2. The molecule has 0 amide bonds. The summed E-state index contributed by atoms with van der Waals surface area (Å²) in [5.41, 5.74) is 0.604. The molecule has 0 aliphatic heterocycles. The van der Waals surface area contributed by atoms with Crippen molar-refractivity contribution in [2.24, 2.45) is 0 Å². The van der Waals surface area contributed by atoms with E-state index in [9.17, 15) is 4.39 Å².